The smallest absolute Gasteiger partial charge is 0.134 e. The zero-order chi connectivity index (χ0) is 13.8. The van der Waals surface area contributed by atoms with E-state index in [1.165, 1.54) is 0 Å². The predicted molar refractivity (Wildman–Crippen MR) is 79.1 cm³/mol. The molecular weight excluding hydrogens is 238 g/mol. The maximum Gasteiger partial charge on any atom is 0.134 e. The lowest BCUT2D eigenvalue weighted by atomic mass is 9.94. The van der Waals surface area contributed by atoms with E-state index >= 15 is 0 Å². The van der Waals surface area contributed by atoms with Crippen molar-refractivity contribution in [1.29, 1.82) is 0 Å². The first-order valence-corrected chi connectivity index (χ1v) is 7.16. The molecule has 2 rings (SSSR count). The number of rotatable bonds is 4. The molecule has 5 nitrogen and oxygen atoms in total. The normalized spacial score (nSPS) is 24.4. The van der Waals surface area contributed by atoms with E-state index in [4.69, 9.17) is 5.73 Å². The lowest BCUT2D eigenvalue weighted by molar-refractivity contribution is 0.206. The highest BCUT2D eigenvalue weighted by Gasteiger charge is 2.25. The second kappa shape index (κ2) is 6.19. The van der Waals surface area contributed by atoms with Crippen LogP contribution in [0.1, 0.15) is 32.3 Å². The van der Waals surface area contributed by atoms with Crippen molar-refractivity contribution in [3.05, 3.63) is 11.9 Å². The fourth-order valence-corrected chi connectivity index (χ4v) is 2.79. The van der Waals surface area contributed by atoms with Crippen LogP contribution in [0.2, 0.25) is 0 Å². The van der Waals surface area contributed by atoms with E-state index in [1.807, 2.05) is 0 Å². The minimum absolute atomic E-state index is 0.473. The molecule has 5 heteroatoms. The van der Waals surface area contributed by atoms with Gasteiger partial charge in [-0.2, -0.15) is 0 Å². The maximum absolute atomic E-state index is 5.97. The zero-order valence-electron chi connectivity index (χ0n) is 12.2. The molecule has 106 valence electrons. The third-order valence-corrected chi connectivity index (χ3v) is 3.91. The van der Waals surface area contributed by atoms with E-state index in [9.17, 15) is 0 Å². The van der Waals surface area contributed by atoms with Crippen LogP contribution in [0.5, 0.6) is 0 Å². The van der Waals surface area contributed by atoms with Gasteiger partial charge in [-0.1, -0.05) is 20.3 Å². The number of hydrogen-bond donors (Lipinski definition) is 2. The van der Waals surface area contributed by atoms with Gasteiger partial charge in [-0.3, -0.25) is 0 Å². The van der Waals surface area contributed by atoms with Gasteiger partial charge >= 0.3 is 0 Å². The Morgan fingerprint density at radius 1 is 1.47 bits per heavy atom. The number of nitrogens with zero attached hydrogens (tertiary/aromatic N) is 3. The summed E-state index contributed by atoms with van der Waals surface area (Å²) in [7, 11) is 2.18. The van der Waals surface area contributed by atoms with Crippen LogP contribution in [-0.2, 0) is 6.42 Å². The highest BCUT2D eigenvalue weighted by Crippen LogP contribution is 2.24. The monoisotopic (exact) mass is 263 g/mol. The standard InChI is InChI=1S/C14H25N5/c1-4-5-11-13(15)16-9-17-14(11)18-12-6-7-19(3)8-10(12)2/h9-10,12H,4-8H2,1-3H3,(H3,15,16,17,18). The molecule has 1 saturated heterocycles. The highest BCUT2D eigenvalue weighted by molar-refractivity contribution is 5.55. The van der Waals surface area contributed by atoms with Gasteiger partial charge in [0.05, 0.1) is 0 Å². The van der Waals surface area contributed by atoms with Crippen molar-refractivity contribution in [2.45, 2.75) is 39.2 Å². The molecule has 0 spiro atoms. The van der Waals surface area contributed by atoms with Crippen LogP contribution in [0.3, 0.4) is 0 Å². The molecular formula is C14H25N5. The minimum atomic E-state index is 0.473. The lowest BCUT2D eigenvalue weighted by Gasteiger charge is -2.35. The number of nitrogen functional groups attached to an aromatic ring is 1. The van der Waals surface area contributed by atoms with Crippen molar-refractivity contribution in [3.63, 3.8) is 0 Å². The van der Waals surface area contributed by atoms with Gasteiger partial charge in [0.2, 0.25) is 0 Å². The van der Waals surface area contributed by atoms with Crippen LogP contribution < -0.4 is 11.1 Å². The number of piperidine rings is 1. The molecule has 0 aliphatic carbocycles. The molecule has 3 N–H and O–H groups in total. The zero-order valence-corrected chi connectivity index (χ0v) is 12.2. The summed E-state index contributed by atoms with van der Waals surface area (Å²) in [5.74, 6) is 2.15. The summed E-state index contributed by atoms with van der Waals surface area (Å²) in [5.41, 5.74) is 7.04. The van der Waals surface area contributed by atoms with Gasteiger partial charge in [0.15, 0.2) is 0 Å². The van der Waals surface area contributed by atoms with E-state index in [1.54, 1.807) is 6.33 Å². The fraction of sp³-hybridized carbons (Fsp3) is 0.714. The van der Waals surface area contributed by atoms with Crippen molar-refractivity contribution in [2.75, 3.05) is 31.2 Å². The molecule has 2 unspecified atom stereocenters. The number of nitrogens with one attached hydrogen (secondary N) is 1. The molecule has 19 heavy (non-hydrogen) atoms. The Hall–Kier alpha value is -1.36. The second-order valence-corrected chi connectivity index (χ2v) is 5.62. The van der Waals surface area contributed by atoms with Gasteiger partial charge in [-0.25, -0.2) is 9.97 Å². The predicted octanol–water partition coefficient (Wildman–Crippen LogP) is 1.76. The molecule has 2 heterocycles. The quantitative estimate of drug-likeness (QED) is 0.866. The number of likely N-dealkylation sites (tertiary alicyclic amines) is 1. The third-order valence-electron chi connectivity index (χ3n) is 3.91. The van der Waals surface area contributed by atoms with Crippen LogP contribution in [0, 0.1) is 5.92 Å². The molecule has 0 aromatic carbocycles. The Kier molecular flexibility index (Phi) is 4.58. The van der Waals surface area contributed by atoms with Crippen LogP contribution in [0.4, 0.5) is 11.6 Å². The number of hydrogen-bond acceptors (Lipinski definition) is 5. The largest absolute Gasteiger partial charge is 0.383 e. The first kappa shape index (κ1) is 14.1. The summed E-state index contributed by atoms with van der Waals surface area (Å²) in [6, 6.07) is 0.473. The molecule has 0 bridgehead atoms. The van der Waals surface area contributed by atoms with Crippen LogP contribution in [0.15, 0.2) is 6.33 Å². The summed E-state index contributed by atoms with van der Waals surface area (Å²) >= 11 is 0. The van der Waals surface area contributed by atoms with Crippen molar-refractivity contribution in [1.82, 2.24) is 14.9 Å². The van der Waals surface area contributed by atoms with E-state index < -0.39 is 0 Å². The molecule has 2 atom stereocenters. The topological polar surface area (TPSA) is 67.1 Å². The number of anilines is 2. The average Bonchev–Trinajstić information content (AvgIpc) is 2.37. The second-order valence-electron chi connectivity index (χ2n) is 5.62. The van der Waals surface area contributed by atoms with Crippen molar-refractivity contribution >= 4 is 11.6 Å². The SMILES string of the molecule is CCCc1c(N)ncnc1NC1CCN(C)CC1C. The van der Waals surface area contributed by atoms with Gasteiger partial charge in [0.1, 0.15) is 18.0 Å². The van der Waals surface area contributed by atoms with E-state index in [2.05, 4.69) is 41.1 Å². The van der Waals surface area contributed by atoms with E-state index in [0.717, 1.165) is 43.7 Å². The molecule has 0 radical (unpaired) electrons. The lowest BCUT2D eigenvalue weighted by Crippen LogP contribution is -2.43. The molecule has 1 aromatic rings. The summed E-state index contributed by atoms with van der Waals surface area (Å²) in [6.45, 7) is 6.69. The van der Waals surface area contributed by atoms with Crippen molar-refractivity contribution in [3.8, 4) is 0 Å². The summed E-state index contributed by atoms with van der Waals surface area (Å²) in [4.78, 5) is 10.9. The minimum Gasteiger partial charge on any atom is -0.383 e. The molecule has 1 fully saturated rings. The fourth-order valence-electron chi connectivity index (χ4n) is 2.79. The van der Waals surface area contributed by atoms with Crippen molar-refractivity contribution < 1.29 is 0 Å². The van der Waals surface area contributed by atoms with Crippen LogP contribution in [-0.4, -0.2) is 41.0 Å². The average molecular weight is 263 g/mol. The molecule has 1 aliphatic rings. The van der Waals surface area contributed by atoms with Gasteiger partial charge < -0.3 is 16.0 Å². The Morgan fingerprint density at radius 2 is 2.26 bits per heavy atom. The molecule has 1 aliphatic heterocycles. The Morgan fingerprint density at radius 3 is 2.95 bits per heavy atom. The Balaban J connectivity index is 2.12. The maximum atomic E-state index is 5.97. The number of aromatic nitrogens is 2. The van der Waals surface area contributed by atoms with Gasteiger partial charge in [0.25, 0.3) is 0 Å². The Bertz CT molecular complexity index is 420. The summed E-state index contributed by atoms with van der Waals surface area (Å²) in [5, 5.41) is 3.59. The van der Waals surface area contributed by atoms with Gasteiger partial charge in [0, 0.05) is 18.2 Å². The first-order valence-electron chi connectivity index (χ1n) is 7.16. The van der Waals surface area contributed by atoms with Gasteiger partial charge in [-0.15, -0.1) is 0 Å². The summed E-state index contributed by atoms with van der Waals surface area (Å²) < 4.78 is 0. The van der Waals surface area contributed by atoms with Gasteiger partial charge in [-0.05, 0) is 32.4 Å². The first-order chi connectivity index (χ1) is 9.11. The third kappa shape index (κ3) is 3.35. The molecule has 0 saturated carbocycles. The highest BCUT2D eigenvalue weighted by atomic mass is 15.1. The summed E-state index contributed by atoms with van der Waals surface area (Å²) in [6.07, 6.45) is 4.68. The van der Waals surface area contributed by atoms with E-state index in [-0.39, 0.29) is 0 Å². The molecule has 1 aromatic heterocycles. The Labute approximate surface area is 115 Å². The van der Waals surface area contributed by atoms with Crippen LogP contribution in [0.25, 0.3) is 0 Å². The van der Waals surface area contributed by atoms with Crippen LogP contribution >= 0.6 is 0 Å². The van der Waals surface area contributed by atoms with Crippen molar-refractivity contribution in [2.24, 2.45) is 5.92 Å². The van der Waals surface area contributed by atoms with E-state index in [0.29, 0.717) is 17.8 Å². The number of nitrogens with two attached hydrogens (primary N) is 1. The molecule has 0 amide bonds.